The maximum atomic E-state index is 10.7. The Hall–Kier alpha value is -3.27. The number of carboxylic acid groups (broad SMARTS) is 1. The van der Waals surface area contributed by atoms with Crippen LogP contribution < -0.4 is 9.47 Å². The van der Waals surface area contributed by atoms with Crippen molar-refractivity contribution in [1.82, 2.24) is 0 Å². The highest BCUT2D eigenvalue weighted by molar-refractivity contribution is 5.69. The highest BCUT2D eigenvalue weighted by atomic mass is 16.5. The minimum absolute atomic E-state index is 0.139. The van der Waals surface area contributed by atoms with Crippen molar-refractivity contribution in [2.24, 2.45) is 5.92 Å². The molecule has 0 aliphatic heterocycles. The van der Waals surface area contributed by atoms with Crippen LogP contribution in [0.25, 0.3) is 11.1 Å². The van der Waals surface area contributed by atoms with E-state index in [1.807, 2.05) is 24.3 Å². The van der Waals surface area contributed by atoms with Gasteiger partial charge in [0.25, 0.3) is 0 Å². The van der Waals surface area contributed by atoms with E-state index in [0.29, 0.717) is 13.0 Å². The Labute approximate surface area is 183 Å². The maximum Gasteiger partial charge on any atom is 0.303 e. The second-order valence-corrected chi connectivity index (χ2v) is 8.26. The molecule has 1 aliphatic carbocycles. The van der Waals surface area contributed by atoms with Crippen molar-refractivity contribution in [3.63, 3.8) is 0 Å². The van der Waals surface area contributed by atoms with Crippen LogP contribution in [0.5, 0.6) is 11.5 Å². The molecule has 160 valence electrons. The molecule has 0 heterocycles. The SMILES string of the molecule is Cc1cc(OCC2CC2)ccc1-c1cccc(COc2ccc(CCC(=O)O)cc2)c1. The van der Waals surface area contributed by atoms with Crippen molar-refractivity contribution in [1.29, 1.82) is 0 Å². The molecule has 3 aromatic rings. The lowest BCUT2D eigenvalue weighted by atomic mass is 9.99. The first-order valence-corrected chi connectivity index (χ1v) is 10.8. The minimum Gasteiger partial charge on any atom is -0.493 e. The van der Waals surface area contributed by atoms with Crippen molar-refractivity contribution in [3.05, 3.63) is 83.4 Å². The average Bonchev–Trinajstić information content (AvgIpc) is 3.60. The molecule has 31 heavy (non-hydrogen) atoms. The molecule has 1 fully saturated rings. The van der Waals surface area contributed by atoms with E-state index in [0.717, 1.165) is 40.7 Å². The van der Waals surface area contributed by atoms with Gasteiger partial charge in [-0.25, -0.2) is 0 Å². The summed E-state index contributed by atoms with van der Waals surface area (Å²) in [5.74, 6) is 1.69. The Kier molecular flexibility index (Phi) is 6.56. The van der Waals surface area contributed by atoms with Crippen LogP contribution in [0.1, 0.15) is 36.0 Å². The molecule has 4 nitrogen and oxygen atoms in total. The zero-order valence-electron chi connectivity index (χ0n) is 17.8. The summed E-state index contributed by atoms with van der Waals surface area (Å²) in [6, 6.07) is 22.3. The number of carbonyl (C=O) groups is 1. The highest BCUT2D eigenvalue weighted by Crippen LogP contribution is 2.31. The molecule has 4 rings (SSSR count). The van der Waals surface area contributed by atoms with Gasteiger partial charge in [-0.3, -0.25) is 4.79 Å². The number of aryl methyl sites for hydroxylation is 2. The van der Waals surface area contributed by atoms with Crippen molar-refractivity contribution >= 4 is 5.97 Å². The van der Waals surface area contributed by atoms with Crippen LogP contribution in [0.2, 0.25) is 0 Å². The Morgan fingerprint density at radius 2 is 1.71 bits per heavy atom. The number of rotatable bonds is 10. The quantitative estimate of drug-likeness (QED) is 0.437. The summed E-state index contributed by atoms with van der Waals surface area (Å²) < 4.78 is 11.8. The predicted molar refractivity (Wildman–Crippen MR) is 122 cm³/mol. The average molecular weight is 417 g/mol. The second kappa shape index (κ2) is 9.69. The van der Waals surface area contributed by atoms with Gasteiger partial charge in [0.1, 0.15) is 18.1 Å². The molecule has 0 amide bonds. The van der Waals surface area contributed by atoms with E-state index in [1.165, 1.54) is 24.0 Å². The number of hydrogen-bond acceptors (Lipinski definition) is 3. The van der Waals surface area contributed by atoms with Crippen molar-refractivity contribution in [2.45, 2.75) is 39.2 Å². The van der Waals surface area contributed by atoms with Crippen LogP contribution >= 0.6 is 0 Å². The predicted octanol–water partition coefficient (Wildman–Crippen LogP) is 6.05. The lowest BCUT2D eigenvalue weighted by molar-refractivity contribution is -0.136. The molecule has 1 N–H and O–H groups in total. The summed E-state index contributed by atoms with van der Waals surface area (Å²) in [6.45, 7) is 3.42. The van der Waals surface area contributed by atoms with Gasteiger partial charge in [-0.05, 0) is 90.3 Å². The van der Waals surface area contributed by atoms with Crippen LogP contribution in [-0.2, 0) is 17.8 Å². The van der Waals surface area contributed by atoms with Gasteiger partial charge in [0, 0.05) is 6.42 Å². The monoisotopic (exact) mass is 416 g/mol. The molecular weight excluding hydrogens is 388 g/mol. The Morgan fingerprint density at radius 1 is 0.935 bits per heavy atom. The first-order valence-electron chi connectivity index (χ1n) is 10.8. The largest absolute Gasteiger partial charge is 0.493 e. The summed E-state index contributed by atoms with van der Waals surface area (Å²) in [6.07, 6.45) is 3.25. The normalized spacial score (nSPS) is 13.1. The molecule has 0 aromatic heterocycles. The summed E-state index contributed by atoms with van der Waals surface area (Å²) in [5, 5.41) is 8.79. The fraction of sp³-hybridized carbons (Fsp3) is 0.296. The molecule has 0 atom stereocenters. The van der Waals surface area contributed by atoms with Gasteiger partial charge in [-0.1, -0.05) is 36.4 Å². The molecule has 0 spiro atoms. The summed E-state index contributed by atoms with van der Waals surface area (Å²) >= 11 is 0. The Morgan fingerprint density at radius 3 is 2.42 bits per heavy atom. The van der Waals surface area contributed by atoms with Gasteiger partial charge >= 0.3 is 5.97 Å². The molecule has 1 saturated carbocycles. The number of carboxylic acids is 1. The Bertz CT molecular complexity index is 1040. The minimum atomic E-state index is -0.782. The number of benzene rings is 3. The van der Waals surface area contributed by atoms with Crippen LogP contribution in [-0.4, -0.2) is 17.7 Å². The van der Waals surface area contributed by atoms with E-state index in [9.17, 15) is 4.79 Å². The zero-order chi connectivity index (χ0) is 21.6. The van der Waals surface area contributed by atoms with Crippen LogP contribution in [0, 0.1) is 12.8 Å². The van der Waals surface area contributed by atoms with Gasteiger partial charge in [-0.2, -0.15) is 0 Å². The van der Waals surface area contributed by atoms with E-state index >= 15 is 0 Å². The molecule has 3 aromatic carbocycles. The first-order chi connectivity index (χ1) is 15.1. The molecule has 0 unspecified atom stereocenters. The fourth-order valence-corrected chi connectivity index (χ4v) is 3.55. The number of hydrogen-bond donors (Lipinski definition) is 1. The smallest absolute Gasteiger partial charge is 0.303 e. The molecule has 1 aliphatic rings. The zero-order valence-corrected chi connectivity index (χ0v) is 17.8. The third-order valence-electron chi connectivity index (χ3n) is 5.57. The lowest BCUT2D eigenvalue weighted by Gasteiger charge is -2.12. The van der Waals surface area contributed by atoms with Crippen LogP contribution in [0.4, 0.5) is 0 Å². The summed E-state index contributed by atoms with van der Waals surface area (Å²) in [4.78, 5) is 10.7. The van der Waals surface area contributed by atoms with Crippen molar-refractivity contribution < 1.29 is 19.4 Å². The first kappa shape index (κ1) is 21.0. The third-order valence-corrected chi connectivity index (χ3v) is 5.57. The highest BCUT2D eigenvalue weighted by Gasteiger charge is 2.21. The maximum absolute atomic E-state index is 10.7. The van der Waals surface area contributed by atoms with Gasteiger partial charge in [-0.15, -0.1) is 0 Å². The van der Waals surface area contributed by atoms with Gasteiger partial charge in [0.05, 0.1) is 6.61 Å². The molecule has 0 saturated heterocycles. The molecule has 4 heteroatoms. The molecule has 0 bridgehead atoms. The summed E-state index contributed by atoms with van der Waals surface area (Å²) in [5.41, 5.74) is 5.65. The standard InChI is InChI=1S/C27H28O4/c1-19-15-25(31-17-21-5-6-21)12-13-26(19)23-4-2-3-22(16-23)18-30-24-10-7-20(8-11-24)9-14-27(28)29/h2-4,7-8,10-13,15-16,21H,5-6,9,14,17-18H2,1H3,(H,28,29). The van der Waals surface area contributed by atoms with Crippen molar-refractivity contribution in [3.8, 4) is 22.6 Å². The van der Waals surface area contributed by atoms with Gasteiger partial charge < -0.3 is 14.6 Å². The van der Waals surface area contributed by atoms with E-state index in [-0.39, 0.29) is 6.42 Å². The van der Waals surface area contributed by atoms with E-state index in [2.05, 4.69) is 49.4 Å². The fourth-order valence-electron chi connectivity index (χ4n) is 3.55. The van der Waals surface area contributed by atoms with Crippen LogP contribution in [0.3, 0.4) is 0 Å². The number of ether oxygens (including phenoxy) is 2. The molecule has 0 radical (unpaired) electrons. The second-order valence-electron chi connectivity index (χ2n) is 8.26. The van der Waals surface area contributed by atoms with E-state index in [4.69, 9.17) is 14.6 Å². The van der Waals surface area contributed by atoms with Gasteiger partial charge in [0.15, 0.2) is 0 Å². The number of aliphatic carboxylic acids is 1. The Balaban J connectivity index is 1.37. The topological polar surface area (TPSA) is 55.8 Å². The summed E-state index contributed by atoms with van der Waals surface area (Å²) in [7, 11) is 0. The van der Waals surface area contributed by atoms with Crippen molar-refractivity contribution in [2.75, 3.05) is 6.61 Å². The molecular formula is C27H28O4. The van der Waals surface area contributed by atoms with Crippen LogP contribution in [0.15, 0.2) is 66.7 Å². The van der Waals surface area contributed by atoms with Gasteiger partial charge in [0.2, 0.25) is 0 Å². The van der Waals surface area contributed by atoms with E-state index in [1.54, 1.807) is 0 Å². The lowest BCUT2D eigenvalue weighted by Crippen LogP contribution is -1.99. The third kappa shape index (κ3) is 6.11. The van der Waals surface area contributed by atoms with E-state index < -0.39 is 5.97 Å².